The monoisotopic (exact) mass is 258 g/mol. The molecule has 0 fully saturated rings. The fourth-order valence-corrected chi connectivity index (χ4v) is 1.72. The van der Waals surface area contributed by atoms with Crippen LogP contribution < -0.4 is 0 Å². The Kier molecular flexibility index (Phi) is 7.18. The van der Waals surface area contributed by atoms with Crippen molar-refractivity contribution in [3.63, 3.8) is 0 Å². The van der Waals surface area contributed by atoms with Gasteiger partial charge in [0.05, 0.1) is 0 Å². The smallest absolute Gasteiger partial charge is 0.118 e. The van der Waals surface area contributed by atoms with Crippen molar-refractivity contribution in [1.29, 1.82) is 0 Å². The van der Waals surface area contributed by atoms with Crippen LogP contribution in [0, 0.1) is 0 Å². The van der Waals surface area contributed by atoms with Gasteiger partial charge < -0.3 is 10.2 Å². The van der Waals surface area contributed by atoms with Crippen LogP contribution in [0.25, 0.3) is 0 Å². The van der Waals surface area contributed by atoms with E-state index in [4.69, 9.17) is 5.11 Å². The molecule has 0 aliphatic rings. The minimum absolute atomic E-state index is 0.322. The first-order chi connectivity index (χ1) is 9.24. The molecule has 0 bridgehead atoms. The molecule has 0 unspecified atom stereocenters. The number of rotatable bonds is 4. The second-order valence-electron chi connectivity index (χ2n) is 4.42. The molecular weight excluding hydrogens is 236 g/mol. The predicted octanol–water partition coefficient (Wildman–Crippen LogP) is 4.52. The van der Waals surface area contributed by atoms with Crippen LogP contribution in [0.5, 0.6) is 11.5 Å². The number of hydrogen-bond acceptors (Lipinski definition) is 2. The molecular formula is C17H22O2. The van der Waals surface area contributed by atoms with Gasteiger partial charge in [0.2, 0.25) is 0 Å². The van der Waals surface area contributed by atoms with Gasteiger partial charge in [-0.25, -0.2) is 0 Å². The van der Waals surface area contributed by atoms with Crippen molar-refractivity contribution in [3.05, 3.63) is 60.2 Å². The molecule has 19 heavy (non-hydrogen) atoms. The van der Waals surface area contributed by atoms with Crippen LogP contribution in [0.2, 0.25) is 0 Å². The van der Waals surface area contributed by atoms with Crippen LogP contribution in [0.15, 0.2) is 54.6 Å². The van der Waals surface area contributed by atoms with Crippen molar-refractivity contribution < 1.29 is 10.2 Å². The zero-order valence-electron chi connectivity index (χ0n) is 11.4. The first-order valence-corrected chi connectivity index (χ1v) is 6.75. The van der Waals surface area contributed by atoms with Crippen molar-refractivity contribution in [2.45, 2.75) is 32.6 Å². The second-order valence-corrected chi connectivity index (χ2v) is 4.42. The molecule has 0 atom stereocenters. The highest BCUT2D eigenvalue weighted by atomic mass is 16.3. The number of aryl methyl sites for hydroxylation is 1. The van der Waals surface area contributed by atoms with Crippen LogP contribution in [-0.2, 0) is 6.42 Å². The van der Waals surface area contributed by atoms with Gasteiger partial charge in [0.25, 0.3) is 0 Å². The molecule has 0 aromatic heterocycles. The van der Waals surface area contributed by atoms with Gasteiger partial charge in [0.1, 0.15) is 11.5 Å². The second kappa shape index (κ2) is 9.03. The van der Waals surface area contributed by atoms with Crippen LogP contribution in [0.1, 0.15) is 31.7 Å². The zero-order chi connectivity index (χ0) is 13.9. The summed E-state index contributed by atoms with van der Waals surface area (Å²) < 4.78 is 0. The molecule has 2 heteroatoms. The van der Waals surface area contributed by atoms with Crippen molar-refractivity contribution in [2.75, 3.05) is 0 Å². The third-order valence-corrected chi connectivity index (χ3v) is 2.80. The van der Waals surface area contributed by atoms with E-state index in [2.05, 4.69) is 6.92 Å². The topological polar surface area (TPSA) is 40.5 Å². The minimum atomic E-state index is 0.322. The summed E-state index contributed by atoms with van der Waals surface area (Å²) in [6, 6.07) is 16.3. The maximum absolute atomic E-state index is 9.41. The summed E-state index contributed by atoms with van der Waals surface area (Å²) in [5, 5.41) is 18.0. The molecule has 2 rings (SSSR count). The SMILES string of the molecule is CCCCCc1ccccc1O.Oc1ccccc1. The summed E-state index contributed by atoms with van der Waals surface area (Å²) in [7, 11) is 0. The highest BCUT2D eigenvalue weighted by Crippen LogP contribution is 2.17. The van der Waals surface area contributed by atoms with E-state index in [1.54, 1.807) is 30.3 Å². The third kappa shape index (κ3) is 6.51. The molecule has 2 N–H and O–H groups in total. The Bertz CT molecular complexity index is 452. The van der Waals surface area contributed by atoms with E-state index in [0.717, 1.165) is 12.0 Å². The Morgan fingerprint density at radius 3 is 1.95 bits per heavy atom. The molecule has 0 saturated heterocycles. The fourth-order valence-electron chi connectivity index (χ4n) is 1.72. The lowest BCUT2D eigenvalue weighted by molar-refractivity contribution is 0.466. The molecule has 0 saturated carbocycles. The number of para-hydroxylation sites is 2. The quantitative estimate of drug-likeness (QED) is 0.792. The average molecular weight is 258 g/mol. The van der Waals surface area contributed by atoms with E-state index >= 15 is 0 Å². The maximum atomic E-state index is 9.41. The lowest BCUT2D eigenvalue weighted by Crippen LogP contribution is -1.85. The van der Waals surface area contributed by atoms with Gasteiger partial charge in [-0.05, 0) is 36.6 Å². The lowest BCUT2D eigenvalue weighted by Gasteiger charge is -2.02. The van der Waals surface area contributed by atoms with Crippen LogP contribution in [0.3, 0.4) is 0 Å². The first kappa shape index (κ1) is 15.1. The molecule has 102 valence electrons. The number of aromatic hydroxyl groups is 2. The van der Waals surface area contributed by atoms with Gasteiger partial charge in [0, 0.05) is 0 Å². The third-order valence-electron chi connectivity index (χ3n) is 2.80. The Morgan fingerprint density at radius 1 is 0.789 bits per heavy atom. The molecule has 0 aliphatic heterocycles. The molecule has 0 amide bonds. The highest BCUT2D eigenvalue weighted by molar-refractivity contribution is 5.31. The van der Waals surface area contributed by atoms with E-state index in [1.807, 2.05) is 24.3 Å². The predicted molar refractivity (Wildman–Crippen MR) is 79.4 cm³/mol. The standard InChI is InChI=1S/C11H16O.C6H6O/c1-2-3-4-7-10-8-5-6-9-11(10)12;7-6-4-2-1-3-5-6/h5-6,8-9,12H,2-4,7H2,1H3;1-5,7H. The number of unbranched alkanes of at least 4 members (excludes halogenated alkanes) is 2. The minimum Gasteiger partial charge on any atom is -0.508 e. The lowest BCUT2D eigenvalue weighted by atomic mass is 10.1. The Hall–Kier alpha value is -1.96. The molecule has 2 aromatic carbocycles. The summed E-state index contributed by atoms with van der Waals surface area (Å²) in [6.07, 6.45) is 4.65. The molecule has 0 heterocycles. The summed E-state index contributed by atoms with van der Waals surface area (Å²) in [5.74, 6) is 0.760. The molecule has 2 aromatic rings. The van der Waals surface area contributed by atoms with Gasteiger partial charge in [-0.2, -0.15) is 0 Å². The van der Waals surface area contributed by atoms with Crippen molar-refractivity contribution in [2.24, 2.45) is 0 Å². The number of hydrogen-bond donors (Lipinski definition) is 2. The largest absolute Gasteiger partial charge is 0.508 e. The Labute approximate surface area is 115 Å². The van der Waals surface area contributed by atoms with E-state index in [9.17, 15) is 5.11 Å². The molecule has 0 aliphatic carbocycles. The van der Waals surface area contributed by atoms with E-state index in [0.29, 0.717) is 11.5 Å². The van der Waals surface area contributed by atoms with Gasteiger partial charge in [-0.3, -0.25) is 0 Å². The number of phenols is 2. The van der Waals surface area contributed by atoms with E-state index in [1.165, 1.54) is 19.3 Å². The first-order valence-electron chi connectivity index (χ1n) is 6.75. The highest BCUT2D eigenvalue weighted by Gasteiger charge is 1.97. The van der Waals surface area contributed by atoms with Crippen molar-refractivity contribution in [3.8, 4) is 11.5 Å². The van der Waals surface area contributed by atoms with Crippen LogP contribution in [0.4, 0.5) is 0 Å². The molecule has 2 nitrogen and oxygen atoms in total. The van der Waals surface area contributed by atoms with Crippen LogP contribution >= 0.6 is 0 Å². The Morgan fingerprint density at radius 2 is 1.42 bits per heavy atom. The Balaban J connectivity index is 0.000000218. The van der Waals surface area contributed by atoms with Gasteiger partial charge in [-0.1, -0.05) is 56.2 Å². The fraction of sp³-hybridized carbons (Fsp3) is 0.294. The van der Waals surface area contributed by atoms with Crippen molar-refractivity contribution >= 4 is 0 Å². The van der Waals surface area contributed by atoms with Gasteiger partial charge >= 0.3 is 0 Å². The number of phenolic OH excluding ortho intramolecular Hbond substituents is 2. The normalized spacial score (nSPS) is 9.53. The van der Waals surface area contributed by atoms with Crippen LogP contribution in [-0.4, -0.2) is 10.2 Å². The summed E-state index contributed by atoms with van der Waals surface area (Å²) >= 11 is 0. The zero-order valence-corrected chi connectivity index (χ0v) is 11.4. The van der Waals surface area contributed by atoms with Gasteiger partial charge in [0.15, 0.2) is 0 Å². The summed E-state index contributed by atoms with van der Waals surface area (Å²) in [5.41, 5.74) is 1.07. The molecule has 0 spiro atoms. The maximum Gasteiger partial charge on any atom is 0.118 e. The summed E-state index contributed by atoms with van der Waals surface area (Å²) in [6.45, 7) is 2.19. The number of benzene rings is 2. The average Bonchev–Trinajstić information content (AvgIpc) is 2.43. The van der Waals surface area contributed by atoms with E-state index in [-0.39, 0.29) is 0 Å². The van der Waals surface area contributed by atoms with Gasteiger partial charge in [-0.15, -0.1) is 0 Å². The van der Waals surface area contributed by atoms with E-state index < -0.39 is 0 Å². The summed E-state index contributed by atoms with van der Waals surface area (Å²) in [4.78, 5) is 0. The molecule has 0 radical (unpaired) electrons. The van der Waals surface area contributed by atoms with Crippen molar-refractivity contribution in [1.82, 2.24) is 0 Å².